The zero-order valence-electron chi connectivity index (χ0n) is 20.3. The Morgan fingerprint density at radius 1 is 1.09 bits per heavy atom. The molecule has 0 saturated carbocycles. The van der Waals surface area contributed by atoms with E-state index in [0.717, 1.165) is 22.3 Å². The van der Waals surface area contributed by atoms with E-state index in [0.29, 0.717) is 19.4 Å². The second-order valence-electron chi connectivity index (χ2n) is 9.70. The summed E-state index contributed by atoms with van der Waals surface area (Å²) in [6, 6.07) is 15.1. The Kier molecular flexibility index (Phi) is 7.12. The number of carboxylic acid groups (broad SMARTS) is 1. The van der Waals surface area contributed by atoms with Crippen molar-refractivity contribution < 1.29 is 29.0 Å². The summed E-state index contributed by atoms with van der Waals surface area (Å²) in [4.78, 5) is 39.5. The van der Waals surface area contributed by atoms with Gasteiger partial charge >= 0.3 is 12.1 Å². The molecule has 3 atom stereocenters. The topological polar surface area (TPSA) is 105 Å². The van der Waals surface area contributed by atoms with E-state index < -0.39 is 29.6 Å². The van der Waals surface area contributed by atoms with E-state index >= 15 is 0 Å². The molecule has 8 heteroatoms. The molecule has 8 nitrogen and oxygen atoms in total. The van der Waals surface area contributed by atoms with Gasteiger partial charge in [0, 0.05) is 19.6 Å². The normalized spacial score (nSPS) is 20.9. The van der Waals surface area contributed by atoms with Gasteiger partial charge in [-0.3, -0.25) is 4.79 Å². The van der Waals surface area contributed by atoms with Crippen LogP contribution < -0.4 is 5.32 Å². The highest BCUT2D eigenvalue weighted by molar-refractivity contribution is 5.93. The molecule has 0 radical (unpaired) electrons. The number of alkyl carbamates (subject to hydrolysis) is 1. The first-order chi connectivity index (χ1) is 16.7. The van der Waals surface area contributed by atoms with Gasteiger partial charge in [0.2, 0.25) is 0 Å². The number of carbonyl (C=O) groups excluding carboxylic acids is 2. The van der Waals surface area contributed by atoms with Crippen LogP contribution in [0.5, 0.6) is 0 Å². The maximum Gasteiger partial charge on any atom is 0.408 e. The van der Waals surface area contributed by atoms with Crippen LogP contribution in [-0.2, 0) is 19.1 Å². The van der Waals surface area contributed by atoms with Crippen LogP contribution in [0.3, 0.4) is 0 Å². The average molecular weight is 481 g/mol. The number of rotatable bonds is 7. The highest BCUT2D eigenvalue weighted by atomic mass is 16.5. The largest absolute Gasteiger partial charge is 0.480 e. The van der Waals surface area contributed by atoms with Gasteiger partial charge in [-0.25, -0.2) is 9.59 Å². The smallest absolute Gasteiger partial charge is 0.408 e. The first kappa shape index (κ1) is 24.7. The van der Waals surface area contributed by atoms with E-state index in [2.05, 4.69) is 17.4 Å². The zero-order valence-corrected chi connectivity index (χ0v) is 20.3. The lowest BCUT2D eigenvalue weighted by molar-refractivity contribution is -0.157. The minimum atomic E-state index is -1.47. The molecule has 2 aromatic rings. The van der Waals surface area contributed by atoms with Crippen molar-refractivity contribution in [1.82, 2.24) is 10.2 Å². The van der Waals surface area contributed by atoms with Crippen molar-refractivity contribution in [3.05, 3.63) is 59.7 Å². The second-order valence-corrected chi connectivity index (χ2v) is 9.70. The van der Waals surface area contributed by atoms with E-state index in [1.165, 1.54) is 18.9 Å². The van der Waals surface area contributed by atoms with Crippen LogP contribution in [0.1, 0.15) is 43.7 Å². The molecule has 1 heterocycles. The molecule has 3 unspecified atom stereocenters. The Labute approximate surface area is 205 Å². The molecule has 0 spiro atoms. The van der Waals surface area contributed by atoms with Crippen molar-refractivity contribution in [2.45, 2.75) is 44.2 Å². The predicted octanol–water partition coefficient (Wildman–Crippen LogP) is 3.64. The highest BCUT2D eigenvalue weighted by Crippen LogP contribution is 2.44. The number of nitrogens with one attached hydrogen (secondary N) is 1. The van der Waals surface area contributed by atoms with Gasteiger partial charge in [-0.15, -0.1) is 0 Å². The van der Waals surface area contributed by atoms with Gasteiger partial charge in [0.15, 0.2) is 0 Å². The molecule has 186 valence electrons. The van der Waals surface area contributed by atoms with Gasteiger partial charge in [-0.2, -0.15) is 0 Å². The van der Waals surface area contributed by atoms with E-state index in [4.69, 9.17) is 9.47 Å². The van der Waals surface area contributed by atoms with Crippen LogP contribution in [0.15, 0.2) is 48.5 Å². The number of carboxylic acids is 1. The summed E-state index contributed by atoms with van der Waals surface area (Å²) in [7, 11) is 1.43. The van der Waals surface area contributed by atoms with E-state index in [9.17, 15) is 19.5 Å². The Balaban J connectivity index is 1.48. The number of nitrogens with zero attached hydrogens (tertiary/aromatic N) is 1. The lowest BCUT2D eigenvalue weighted by Gasteiger charge is -2.41. The molecule has 2 amide bonds. The maximum absolute atomic E-state index is 13.5. The van der Waals surface area contributed by atoms with Crippen LogP contribution in [0.2, 0.25) is 0 Å². The number of carbonyl (C=O) groups is 3. The van der Waals surface area contributed by atoms with Gasteiger partial charge in [-0.05, 0) is 47.9 Å². The quantitative estimate of drug-likeness (QED) is 0.627. The molecule has 1 saturated heterocycles. The molecule has 2 N–H and O–H groups in total. The fourth-order valence-corrected chi connectivity index (χ4v) is 5.24. The monoisotopic (exact) mass is 480 g/mol. The number of aliphatic carboxylic acids is 1. The molecule has 0 aromatic heterocycles. The van der Waals surface area contributed by atoms with Crippen molar-refractivity contribution >= 4 is 18.0 Å². The third-order valence-electron chi connectivity index (χ3n) is 7.04. The standard InChI is InChI=1S/C27H32N2O6/c1-17-12-13-29(23(14-17)24(30)31)25(32)27(2,16-34-3)28-26(33)35-15-22-20-10-6-4-8-18(20)19-9-5-7-11-21(19)22/h4-11,17,22-23H,12-16H2,1-3H3,(H,28,33)(H,30,31). The van der Waals surface area contributed by atoms with Gasteiger partial charge in [-0.1, -0.05) is 55.5 Å². The van der Waals surface area contributed by atoms with Gasteiger partial charge in [0.05, 0.1) is 6.61 Å². The molecule has 2 aliphatic rings. The molecule has 4 rings (SSSR count). The Morgan fingerprint density at radius 2 is 1.69 bits per heavy atom. The van der Waals surface area contributed by atoms with Crippen LogP contribution in [0, 0.1) is 5.92 Å². The summed E-state index contributed by atoms with van der Waals surface area (Å²) in [6.45, 7) is 3.81. The molecule has 1 aliphatic carbocycles. The lowest BCUT2D eigenvalue weighted by atomic mass is 9.90. The van der Waals surface area contributed by atoms with Crippen LogP contribution in [0.4, 0.5) is 4.79 Å². The van der Waals surface area contributed by atoms with Crippen LogP contribution in [-0.4, -0.2) is 66.4 Å². The third kappa shape index (κ3) is 4.89. The van der Waals surface area contributed by atoms with Crippen molar-refractivity contribution in [3.63, 3.8) is 0 Å². The molecule has 1 aliphatic heterocycles. The number of amides is 2. The number of ether oxygens (including phenoxy) is 2. The summed E-state index contributed by atoms with van der Waals surface area (Å²) in [5.74, 6) is -1.46. The fraction of sp³-hybridized carbons (Fsp3) is 0.444. The van der Waals surface area contributed by atoms with E-state index in [-0.39, 0.29) is 25.0 Å². The number of fused-ring (bicyclic) bond motifs is 3. The van der Waals surface area contributed by atoms with Gasteiger partial charge < -0.3 is 24.8 Å². The summed E-state index contributed by atoms with van der Waals surface area (Å²) < 4.78 is 10.9. The third-order valence-corrected chi connectivity index (χ3v) is 7.04. The summed E-state index contributed by atoms with van der Waals surface area (Å²) in [6.07, 6.45) is 0.315. The minimum Gasteiger partial charge on any atom is -0.480 e. The van der Waals surface area contributed by atoms with Crippen molar-refractivity contribution in [3.8, 4) is 11.1 Å². The Bertz CT molecular complexity index is 1070. The number of hydrogen-bond donors (Lipinski definition) is 2. The number of hydrogen-bond acceptors (Lipinski definition) is 5. The number of methoxy groups -OCH3 is 1. The Hall–Kier alpha value is -3.39. The van der Waals surface area contributed by atoms with E-state index in [1.54, 1.807) is 0 Å². The highest BCUT2D eigenvalue weighted by Gasteiger charge is 2.44. The summed E-state index contributed by atoms with van der Waals surface area (Å²) in [5, 5.41) is 12.3. The fourth-order valence-electron chi connectivity index (χ4n) is 5.24. The molecule has 1 fully saturated rings. The average Bonchev–Trinajstić information content (AvgIpc) is 3.16. The number of benzene rings is 2. The molecule has 35 heavy (non-hydrogen) atoms. The Morgan fingerprint density at radius 3 is 2.26 bits per heavy atom. The SMILES string of the molecule is COCC(C)(NC(=O)OCC1c2ccccc2-c2ccccc21)C(=O)N1CCC(C)CC1C(=O)O. The van der Waals surface area contributed by atoms with Crippen LogP contribution >= 0.6 is 0 Å². The van der Waals surface area contributed by atoms with Gasteiger partial charge in [0.25, 0.3) is 5.91 Å². The summed E-state index contributed by atoms with van der Waals surface area (Å²) >= 11 is 0. The molecular formula is C27H32N2O6. The molecule has 2 aromatic carbocycles. The van der Waals surface area contributed by atoms with Gasteiger partial charge in [0.1, 0.15) is 18.2 Å². The van der Waals surface area contributed by atoms with Crippen molar-refractivity contribution in [2.75, 3.05) is 26.9 Å². The minimum absolute atomic E-state index is 0.107. The predicted molar refractivity (Wildman–Crippen MR) is 130 cm³/mol. The van der Waals surface area contributed by atoms with Crippen molar-refractivity contribution in [2.24, 2.45) is 5.92 Å². The second kappa shape index (κ2) is 10.1. The number of likely N-dealkylation sites (tertiary alicyclic amines) is 1. The summed E-state index contributed by atoms with van der Waals surface area (Å²) in [5.41, 5.74) is 2.95. The lowest BCUT2D eigenvalue weighted by Crippen LogP contribution is -2.64. The molecular weight excluding hydrogens is 448 g/mol. The zero-order chi connectivity index (χ0) is 25.2. The first-order valence-electron chi connectivity index (χ1n) is 11.9. The number of piperidine rings is 1. The van der Waals surface area contributed by atoms with Crippen LogP contribution in [0.25, 0.3) is 11.1 Å². The maximum atomic E-state index is 13.5. The first-order valence-corrected chi connectivity index (χ1v) is 11.9. The van der Waals surface area contributed by atoms with E-state index in [1.807, 2.05) is 43.3 Å². The van der Waals surface area contributed by atoms with Crippen molar-refractivity contribution in [1.29, 1.82) is 0 Å². The molecule has 0 bridgehead atoms.